The minimum absolute atomic E-state index is 0. The fourth-order valence-corrected chi connectivity index (χ4v) is 3.26. The van der Waals surface area contributed by atoms with E-state index in [4.69, 9.17) is 5.73 Å². The largest absolute Gasteiger partial charge is 0.351 e. The molecule has 4 rings (SSSR count). The van der Waals surface area contributed by atoms with Gasteiger partial charge in [0.15, 0.2) is 0 Å². The van der Waals surface area contributed by atoms with Gasteiger partial charge in [-0.2, -0.15) is 0 Å². The van der Waals surface area contributed by atoms with Gasteiger partial charge in [0, 0.05) is 35.2 Å². The summed E-state index contributed by atoms with van der Waals surface area (Å²) in [7, 11) is 1.99. The highest BCUT2D eigenvalue weighted by atomic mass is 35.5. The van der Waals surface area contributed by atoms with Gasteiger partial charge in [-0.15, -0.1) is 12.4 Å². The SMILES string of the molecule is Cc1cc(N(C(N)=O)c2ccc3c(ccn3C)c2)c2ccccc2n1.Cl. The molecule has 0 spiro atoms. The molecule has 0 saturated carbocycles. The number of para-hydroxylation sites is 1. The van der Waals surface area contributed by atoms with Crippen LogP contribution < -0.4 is 10.6 Å². The van der Waals surface area contributed by atoms with Crippen LogP contribution in [-0.4, -0.2) is 15.6 Å². The van der Waals surface area contributed by atoms with Crippen LogP contribution in [0.5, 0.6) is 0 Å². The predicted molar refractivity (Wildman–Crippen MR) is 108 cm³/mol. The molecule has 0 unspecified atom stereocenters. The fourth-order valence-electron chi connectivity index (χ4n) is 3.26. The number of carbonyl (C=O) groups excluding carboxylic acids is 1. The monoisotopic (exact) mass is 366 g/mol. The number of pyridine rings is 1. The third-order valence-corrected chi connectivity index (χ3v) is 4.41. The van der Waals surface area contributed by atoms with Crippen LogP contribution in [0.4, 0.5) is 16.2 Å². The van der Waals surface area contributed by atoms with Gasteiger partial charge in [-0.3, -0.25) is 9.88 Å². The molecular formula is C20H19ClN4O. The van der Waals surface area contributed by atoms with Crippen LogP contribution in [0.3, 0.4) is 0 Å². The number of nitrogens with two attached hydrogens (primary N) is 1. The van der Waals surface area contributed by atoms with Gasteiger partial charge in [0.25, 0.3) is 0 Å². The summed E-state index contributed by atoms with van der Waals surface area (Å²) < 4.78 is 2.04. The van der Waals surface area contributed by atoms with Gasteiger partial charge >= 0.3 is 6.03 Å². The molecule has 4 aromatic rings. The Morgan fingerprint density at radius 2 is 1.88 bits per heavy atom. The maximum absolute atomic E-state index is 12.3. The minimum Gasteiger partial charge on any atom is -0.351 e. The van der Waals surface area contributed by atoms with E-state index < -0.39 is 6.03 Å². The number of halogens is 1. The van der Waals surface area contributed by atoms with Crippen LogP contribution in [0, 0.1) is 6.92 Å². The molecule has 0 aliphatic heterocycles. The smallest absolute Gasteiger partial charge is 0.323 e. The van der Waals surface area contributed by atoms with Crippen molar-refractivity contribution in [2.24, 2.45) is 12.8 Å². The maximum atomic E-state index is 12.3. The first kappa shape index (κ1) is 17.8. The molecule has 2 N–H and O–H groups in total. The Balaban J connectivity index is 0.00000196. The third kappa shape index (κ3) is 2.86. The lowest BCUT2D eigenvalue weighted by Gasteiger charge is -2.23. The Bertz CT molecular complexity index is 1120. The van der Waals surface area contributed by atoms with Gasteiger partial charge in [0.1, 0.15) is 0 Å². The molecule has 2 amide bonds. The van der Waals surface area contributed by atoms with Crippen molar-refractivity contribution in [3.63, 3.8) is 0 Å². The molecule has 0 aliphatic carbocycles. The van der Waals surface area contributed by atoms with E-state index in [0.29, 0.717) is 0 Å². The van der Waals surface area contributed by atoms with Crippen molar-refractivity contribution in [1.82, 2.24) is 9.55 Å². The number of hydrogen-bond acceptors (Lipinski definition) is 2. The van der Waals surface area contributed by atoms with Crippen molar-refractivity contribution in [2.45, 2.75) is 6.92 Å². The third-order valence-electron chi connectivity index (χ3n) is 4.41. The first-order chi connectivity index (χ1) is 12.0. The van der Waals surface area contributed by atoms with Crippen LogP contribution in [0.1, 0.15) is 5.69 Å². The highest BCUT2D eigenvalue weighted by Gasteiger charge is 2.19. The number of fused-ring (bicyclic) bond motifs is 2. The van der Waals surface area contributed by atoms with Gasteiger partial charge in [0.05, 0.1) is 16.9 Å². The van der Waals surface area contributed by atoms with Crippen molar-refractivity contribution in [1.29, 1.82) is 0 Å². The number of anilines is 2. The van der Waals surface area contributed by atoms with Crippen LogP contribution in [-0.2, 0) is 7.05 Å². The second-order valence-corrected chi connectivity index (χ2v) is 6.14. The number of urea groups is 1. The van der Waals surface area contributed by atoms with Crippen molar-refractivity contribution < 1.29 is 4.79 Å². The molecule has 132 valence electrons. The summed E-state index contributed by atoms with van der Waals surface area (Å²) in [6.07, 6.45) is 2.00. The Morgan fingerprint density at radius 1 is 1.12 bits per heavy atom. The number of benzene rings is 2. The Hall–Kier alpha value is -3.05. The van der Waals surface area contributed by atoms with Gasteiger partial charge in [-0.1, -0.05) is 18.2 Å². The van der Waals surface area contributed by atoms with Gasteiger partial charge in [0.2, 0.25) is 0 Å². The van der Waals surface area contributed by atoms with E-state index in [1.807, 2.05) is 79.3 Å². The molecule has 0 aliphatic rings. The highest BCUT2D eigenvalue weighted by Crippen LogP contribution is 2.33. The first-order valence-electron chi connectivity index (χ1n) is 8.05. The summed E-state index contributed by atoms with van der Waals surface area (Å²) in [6, 6.07) is 17.0. The molecule has 6 heteroatoms. The number of hydrogen-bond donors (Lipinski definition) is 1. The molecular weight excluding hydrogens is 348 g/mol. The van der Waals surface area contributed by atoms with E-state index >= 15 is 0 Å². The summed E-state index contributed by atoms with van der Waals surface area (Å²) >= 11 is 0. The summed E-state index contributed by atoms with van der Waals surface area (Å²) in [4.78, 5) is 18.4. The number of primary amides is 1. The number of rotatable bonds is 2. The topological polar surface area (TPSA) is 64.2 Å². The zero-order valence-electron chi connectivity index (χ0n) is 14.5. The molecule has 0 radical (unpaired) electrons. The maximum Gasteiger partial charge on any atom is 0.323 e. The van der Waals surface area contributed by atoms with Gasteiger partial charge in [-0.05, 0) is 43.3 Å². The molecule has 0 bridgehead atoms. The van der Waals surface area contributed by atoms with E-state index in [-0.39, 0.29) is 12.4 Å². The van der Waals surface area contributed by atoms with E-state index in [9.17, 15) is 4.79 Å². The quantitative estimate of drug-likeness (QED) is 0.560. The predicted octanol–water partition coefficient (Wildman–Crippen LogP) is 4.67. The molecule has 26 heavy (non-hydrogen) atoms. The lowest BCUT2D eigenvalue weighted by Crippen LogP contribution is -2.31. The number of aryl methyl sites for hydroxylation is 2. The molecule has 0 atom stereocenters. The zero-order chi connectivity index (χ0) is 17.6. The van der Waals surface area contributed by atoms with Crippen molar-refractivity contribution in [2.75, 3.05) is 4.90 Å². The Labute approximate surface area is 157 Å². The normalized spacial score (nSPS) is 10.7. The van der Waals surface area contributed by atoms with Gasteiger partial charge in [-0.25, -0.2) is 4.79 Å². The van der Waals surface area contributed by atoms with Crippen molar-refractivity contribution >= 4 is 51.6 Å². The van der Waals surface area contributed by atoms with E-state index in [0.717, 1.165) is 38.9 Å². The van der Waals surface area contributed by atoms with E-state index in [1.54, 1.807) is 4.90 Å². The van der Waals surface area contributed by atoms with Crippen LogP contribution in [0.2, 0.25) is 0 Å². The van der Waals surface area contributed by atoms with Crippen molar-refractivity contribution in [3.05, 3.63) is 66.5 Å². The Kier molecular flexibility index (Phi) is 4.57. The summed E-state index contributed by atoms with van der Waals surface area (Å²) in [5, 5.41) is 1.95. The molecule has 0 saturated heterocycles. The summed E-state index contributed by atoms with van der Waals surface area (Å²) in [5.41, 5.74) is 10.0. The molecule has 0 fully saturated rings. The van der Waals surface area contributed by atoms with E-state index in [1.165, 1.54) is 0 Å². The summed E-state index contributed by atoms with van der Waals surface area (Å²) in [5.74, 6) is 0. The molecule has 5 nitrogen and oxygen atoms in total. The first-order valence-corrected chi connectivity index (χ1v) is 8.05. The lowest BCUT2D eigenvalue weighted by atomic mass is 10.1. The lowest BCUT2D eigenvalue weighted by molar-refractivity contribution is 0.256. The molecule has 2 aromatic carbocycles. The minimum atomic E-state index is -0.522. The van der Waals surface area contributed by atoms with Crippen LogP contribution in [0.15, 0.2) is 60.8 Å². The number of amides is 2. The second-order valence-electron chi connectivity index (χ2n) is 6.14. The highest BCUT2D eigenvalue weighted by molar-refractivity contribution is 6.07. The van der Waals surface area contributed by atoms with Crippen LogP contribution >= 0.6 is 12.4 Å². The molecule has 2 aromatic heterocycles. The van der Waals surface area contributed by atoms with Crippen LogP contribution in [0.25, 0.3) is 21.8 Å². The molecule has 2 heterocycles. The standard InChI is InChI=1S/C20H18N4O.ClH/c1-13-11-19(16-5-3-4-6-17(16)22-13)24(20(21)25)15-7-8-18-14(12-15)9-10-23(18)2;/h3-12H,1-2H3,(H2,21,25);1H. The summed E-state index contributed by atoms with van der Waals surface area (Å²) in [6.45, 7) is 1.91. The second kappa shape index (κ2) is 6.69. The number of nitrogens with zero attached hydrogens (tertiary/aromatic N) is 3. The van der Waals surface area contributed by atoms with E-state index in [2.05, 4.69) is 4.98 Å². The average Bonchev–Trinajstić information content (AvgIpc) is 2.95. The number of carbonyl (C=O) groups is 1. The Morgan fingerprint density at radius 3 is 2.65 bits per heavy atom. The van der Waals surface area contributed by atoms with Crippen molar-refractivity contribution in [3.8, 4) is 0 Å². The number of aromatic nitrogens is 2. The zero-order valence-corrected chi connectivity index (χ0v) is 15.3. The van der Waals surface area contributed by atoms with Gasteiger partial charge < -0.3 is 10.3 Å². The fraction of sp³-hybridized carbons (Fsp3) is 0.100. The average molecular weight is 367 g/mol.